The molecule has 0 radical (unpaired) electrons. The quantitative estimate of drug-likeness (QED) is 0.0222. The van der Waals surface area contributed by atoms with Crippen molar-refractivity contribution in [1.29, 1.82) is 0 Å². The molecular weight excluding hydrogens is 1240 g/mol. The number of aryl methyl sites for hydroxylation is 1. The monoisotopic (exact) mass is 1360 g/mol. The lowest BCUT2D eigenvalue weighted by molar-refractivity contribution is -0.145. The van der Waals surface area contributed by atoms with Crippen LogP contribution in [0.2, 0.25) is 0 Å². The molecule has 93 heavy (non-hydrogen) atoms. The van der Waals surface area contributed by atoms with Gasteiger partial charge in [0, 0.05) is 64.8 Å². The molecule has 534 valence electrons. The molecule has 0 aliphatic heterocycles. The number of urea groups is 1. The number of anilines is 1. The number of carbonyl (C=O) groups is 5. The Hall–Kier alpha value is -4.56. The number of ketones is 1. The molecule has 0 aliphatic carbocycles. The van der Waals surface area contributed by atoms with Crippen LogP contribution in [0, 0.1) is 17.3 Å². The van der Waals surface area contributed by atoms with E-state index in [4.69, 9.17) is 67.4 Å². The van der Waals surface area contributed by atoms with Crippen molar-refractivity contribution in [1.82, 2.24) is 25.6 Å². The highest BCUT2D eigenvalue weighted by Gasteiger charge is 2.30. The maximum atomic E-state index is 13.8. The molecular formula is C65H114N8O18S2. The minimum atomic E-state index is -0.893. The Morgan fingerprint density at radius 3 is 1.51 bits per heavy atom. The normalized spacial score (nSPS) is 12.6. The van der Waals surface area contributed by atoms with Crippen LogP contribution in [0.5, 0.6) is 0 Å². The van der Waals surface area contributed by atoms with E-state index in [0.717, 1.165) is 18.7 Å². The second-order valence-corrected chi connectivity index (χ2v) is 28.8. The number of Topliss-reactive ketones (excluding diaryl/α,β-unsaturated/α-hetero) is 1. The third kappa shape index (κ3) is 50.5. The molecule has 26 nitrogen and oxygen atoms in total. The number of carbonyl (C=O) groups excluding carboxylic acids is 5. The fraction of sp³-hybridized carbons (Fsp3) is 0.785. The molecule has 0 bridgehead atoms. The number of nitrogens with one attached hydrogen (secondary N) is 3. The smallest absolute Gasteiger partial charge is 0.312 e. The first-order valence-corrected chi connectivity index (χ1v) is 34.5. The highest BCUT2D eigenvalue weighted by atomic mass is 32.2. The van der Waals surface area contributed by atoms with Crippen LogP contribution in [0.1, 0.15) is 120 Å². The van der Waals surface area contributed by atoms with Crippen molar-refractivity contribution < 1.29 is 85.7 Å². The summed E-state index contributed by atoms with van der Waals surface area (Å²) in [4.78, 5) is 70.2. The van der Waals surface area contributed by atoms with E-state index in [2.05, 4.69) is 93.7 Å². The van der Waals surface area contributed by atoms with E-state index < -0.39 is 35.8 Å². The Balaban J connectivity index is 1.53. The lowest BCUT2D eigenvalue weighted by Crippen LogP contribution is -2.46. The maximum absolute atomic E-state index is 13.8. The average molecular weight is 1360 g/mol. The molecule has 1 aromatic carbocycles. The van der Waals surface area contributed by atoms with Crippen molar-refractivity contribution in [3.8, 4) is 0 Å². The van der Waals surface area contributed by atoms with Crippen LogP contribution in [-0.2, 0) is 100 Å². The zero-order valence-electron chi connectivity index (χ0n) is 57.7. The van der Waals surface area contributed by atoms with Crippen LogP contribution in [0.3, 0.4) is 0 Å². The zero-order valence-corrected chi connectivity index (χ0v) is 59.3. The summed E-state index contributed by atoms with van der Waals surface area (Å²) in [7, 11) is 0. The van der Waals surface area contributed by atoms with Gasteiger partial charge in [0.2, 0.25) is 5.91 Å². The molecule has 0 saturated carbocycles. The zero-order chi connectivity index (χ0) is 68.4. The summed E-state index contributed by atoms with van der Waals surface area (Å²) < 4.78 is 68.2. The Morgan fingerprint density at radius 2 is 1.08 bits per heavy atom. The van der Waals surface area contributed by atoms with Gasteiger partial charge in [-0.25, -0.2) is 9.48 Å². The highest BCUT2D eigenvalue weighted by Crippen LogP contribution is 2.27. The minimum Gasteiger partial charge on any atom is -0.461 e. The fourth-order valence-corrected chi connectivity index (χ4v) is 9.40. The number of amides is 4. The lowest BCUT2D eigenvalue weighted by Gasteiger charge is -2.24. The van der Waals surface area contributed by atoms with Crippen LogP contribution in [0.4, 0.5) is 10.5 Å². The van der Waals surface area contributed by atoms with Gasteiger partial charge in [0.05, 0.1) is 169 Å². The number of aromatic nitrogens is 3. The SMILES string of the molecule is CC(C)[C@H](NC(=O)CON=C(CSC(C)(C)C)CSC(C)(C)C)C(=O)C[C@@H](CCCNC(N)=O)C(=O)Nc1ccc(COC(=O)CCc2cn(CCOCCOCCOCCOCCOCCOCCOCCOCCOCCOCCOCCC(C)(C)C)nn2)cc1. The molecule has 1 heterocycles. The predicted molar refractivity (Wildman–Crippen MR) is 361 cm³/mol. The Bertz CT molecular complexity index is 2300. The topological polar surface area (TPSA) is 311 Å². The van der Waals surface area contributed by atoms with E-state index in [9.17, 15) is 24.0 Å². The number of hydrogen-bond acceptors (Lipinski definition) is 23. The van der Waals surface area contributed by atoms with Crippen molar-refractivity contribution in [3.63, 3.8) is 0 Å². The van der Waals surface area contributed by atoms with Gasteiger partial charge in [-0.05, 0) is 48.3 Å². The molecule has 0 spiro atoms. The van der Waals surface area contributed by atoms with E-state index in [0.29, 0.717) is 187 Å². The van der Waals surface area contributed by atoms with Gasteiger partial charge in [-0.15, -0.1) is 28.6 Å². The third-order valence-corrected chi connectivity index (χ3v) is 15.6. The van der Waals surface area contributed by atoms with E-state index in [1.165, 1.54) is 0 Å². The number of esters is 1. The third-order valence-electron chi connectivity index (χ3n) is 12.9. The molecule has 2 atom stereocenters. The number of ether oxygens (including phenoxy) is 12. The minimum absolute atomic E-state index is 0.0121. The molecule has 2 rings (SSSR count). The molecule has 0 aliphatic rings. The number of primary amides is 1. The Morgan fingerprint density at radius 1 is 0.624 bits per heavy atom. The second kappa shape index (κ2) is 51.7. The van der Waals surface area contributed by atoms with Crippen LogP contribution < -0.4 is 21.7 Å². The molecule has 2 aromatic rings. The standard InChI is InChI=1S/C65H114N8O18S2/c1-51(2)60(69-58(75)48-91-71-56(49-92-64(6,7)8)50-93-65(9,10)11)57(74)45-53(13-12-21-67-62(66)78)61(77)68-54-16-14-52(15-17-54)47-90-59(76)19-18-55-46-73(72-70-55)22-24-80-26-28-82-30-32-84-34-36-86-38-40-88-42-44-89-43-41-87-39-37-85-35-33-83-31-29-81-27-25-79-23-20-63(3,4)5/h14-17,46,51,53,60H,12-13,18-45,47-50H2,1-11H3,(H,68,77)(H,69,75)(H3,66,67,78)/t53-,60+/m1/s1. The summed E-state index contributed by atoms with van der Waals surface area (Å²) in [6.45, 7) is 34.1. The van der Waals surface area contributed by atoms with Gasteiger partial charge in [-0.3, -0.25) is 19.2 Å². The van der Waals surface area contributed by atoms with E-state index in [1.54, 1.807) is 58.7 Å². The summed E-state index contributed by atoms with van der Waals surface area (Å²) >= 11 is 3.47. The van der Waals surface area contributed by atoms with Gasteiger partial charge in [-0.1, -0.05) is 98.7 Å². The summed E-state index contributed by atoms with van der Waals surface area (Å²) in [5, 5.41) is 20.8. The number of hydrogen-bond donors (Lipinski definition) is 4. The van der Waals surface area contributed by atoms with Crippen LogP contribution >= 0.6 is 23.5 Å². The average Bonchev–Trinajstić information content (AvgIpc) is 1.47. The Kier molecular flexibility index (Phi) is 47.0. The van der Waals surface area contributed by atoms with Gasteiger partial charge < -0.3 is 83.4 Å². The fourth-order valence-electron chi connectivity index (χ4n) is 7.76. The maximum Gasteiger partial charge on any atom is 0.312 e. The van der Waals surface area contributed by atoms with Gasteiger partial charge in [0.25, 0.3) is 5.91 Å². The van der Waals surface area contributed by atoms with Crippen molar-refractivity contribution in [2.24, 2.45) is 28.1 Å². The van der Waals surface area contributed by atoms with Crippen LogP contribution in [0.15, 0.2) is 35.6 Å². The van der Waals surface area contributed by atoms with Gasteiger partial charge in [-0.2, -0.15) is 0 Å². The summed E-state index contributed by atoms with van der Waals surface area (Å²) in [6.07, 6.45) is 3.68. The van der Waals surface area contributed by atoms with Crippen molar-refractivity contribution in [2.45, 2.75) is 143 Å². The molecule has 5 N–H and O–H groups in total. The first-order chi connectivity index (χ1) is 44.4. The summed E-state index contributed by atoms with van der Waals surface area (Å²) in [5.41, 5.74) is 8.15. The largest absolute Gasteiger partial charge is 0.461 e. The summed E-state index contributed by atoms with van der Waals surface area (Å²) in [5.74, 6) is -1.46. The number of nitrogens with zero attached hydrogens (tertiary/aromatic N) is 4. The van der Waals surface area contributed by atoms with Gasteiger partial charge in [0.1, 0.15) is 6.61 Å². The molecule has 0 unspecified atom stereocenters. The number of benzene rings is 1. The van der Waals surface area contributed by atoms with Crippen molar-refractivity contribution in [3.05, 3.63) is 41.7 Å². The molecule has 4 amide bonds. The van der Waals surface area contributed by atoms with Crippen molar-refractivity contribution >= 4 is 64.5 Å². The van der Waals surface area contributed by atoms with Gasteiger partial charge in [0.15, 0.2) is 12.4 Å². The van der Waals surface area contributed by atoms with Gasteiger partial charge >= 0.3 is 12.0 Å². The first-order valence-electron chi connectivity index (χ1n) is 32.5. The lowest BCUT2D eigenvalue weighted by atomic mass is 9.89. The van der Waals surface area contributed by atoms with E-state index in [1.807, 2.05) is 13.8 Å². The van der Waals surface area contributed by atoms with E-state index in [-0.39, 0.29) is 65.6 Å². The van der Waals surface area contributed by atoms with E-state index >= 15 is 0 Å². The second-order valence-electron chi connectivity index (χ2n) is 25.2. The molecule has 0 saturated heterocycles. The summed E-state index contributed by atoms with van der Waals surface area (Å²) in [6, 6.07) is 5.22. The highest BCUT2D eigenvalue weighted by molar-refractivity contribution is 8.02. The van der Waals surface area contributed by atoms with Crippen LogP contribution in [-0.4, -0.2) is 236 Å². The molecule has 28 heteroatoms. The number of nitrogens with two attached hydrogens (primary N) is 1. The predicted octanol–water partition coefficient (Wildman–Crippen LogP) is 7.11. The number of thioether (sulfide) groups is 2. The number of oxime groups is 1. The van der Waals surface area contributed by atoms with Crippen molar-refractivity contribution in [2.75, 3.05) is 175 Å². The molecule has 0 fully saturated rings. The van der Waals surface area contributed by atoms with Crippen LogP contribution in [0.25, 0.3) is 0 Å². The molecule has 1 aromatic heterocycles. The Labute approximate surface area is 561 Å². The first kappa shape index (κ1) is 84.5. The number of rotatable bonds is 58.